The number of hydrogen-bond acceptors (Lipinski definition) is 2. The van der Waals surface area contributed by atoms with Crippen molar-refractivity contribution in [2.24, 2.45) is 0 Å². The van der Waals surface area contributed by atoms with Crippen LogP contribution in [0.25, 0.3) is 0 Å². The van der Waals surface area contributed by atoms with E-state index in [0.29, 0.717) is 12.0 Å². The maximum absolute atomic E-state index is 2.78. The van der Waals surface area contributed by atoms with E-state index in [2.05, 4.69) is 77.4 Å². The average Bonchev–Trinajstić information content (AvgIpc) is 2.76. The van der Waals surface area contributed by atoms with Crippen molar-refractivity contribution in [2.75, 3.05) is 26.2 Å². The highest BCUT2D eigenvalue weighted by molar-refractivity contribution is 5.27. The highest BCUT2D eigenvalue weighted by atomic mass is 15.3. The molecule has 27 heavy (non-hydrogen) atoms. The molecule has 1 saturated carbocycles. The van der Waals surface area contributed by atoms with Crippen LogP contribution in [-0.2, 0) is 0 Å². The molecule has 0 radical (unpaired) electrons. The van der Waals surface area contributed by atoms with E-state index in [1.807, 2.05) is 0 Å². The van der Waals surface area contributed by atoms with Gasteiger partial charge in [-0.2, -0.15) is 0 Å². The zero-order chi connectivity index (χ0) is 18.5. The lowest BCUT2D eigenvalue weighted by Crippen LogP contribution is -2.52. The van der Waals surface area contributed by atoms with Gasteiger partial charge in [0.05, 0.1) is 0 Å². The van der Waals surface area contributed by atoms with Gasteiger partial charge in [0.25, 0.3) is 0 Å². The third-order valence-corrected chi connectivity index (χ3v) is 6.77. The lowest BCUT2D eigenvalue weighted by molar-refractivity contribution is 0.0500. The van der Waals surface area contributed by atoms with Gasteiger partial charge in [-0.05, 0) is 24.0 Å². The molecule has 1 aliphatic heterocycles. The Balaban J connectivity index is 1.50. The van der Waals surface area contributed by atoms with Gasteiger partial charge in [-0.3, -0.25) is 9.80 Å². The third-order valence-electron chi connectivity index (χ3n) is 6.77. The number of hydrogen-bond donors (Lipinski definition) is 0. The smallest absolute Gasteiger partial charge is 0.0415 e. The van der Waals surface area contributed by atoms with Gasteiger partial charge in [-0.15, -0.1) is 0 Å². The Morgan fingerprint density at radius 2 is 1.26 bits per heavy atom. The standard InChI is InChI=1S/C25H34N2/c1-21(22-11-5-2-6-12-22)25(23-13-7-3-8-14-23)27-19-17-26(18-20-27)24-15-9-4-10-16-24/h2-3,5-8,11-14,21,24-25H,4,9-10,15-20H2,1H3/t21-,25+/m1/s1. The van der Waals surface area contributed by atoms with Crippen LogP contribution in [0.15, 0.2) is 60.7 Å². The molecule has 1 saturated heterocycles. The van der Waals surface area contributed by atoms with Crippen LogP contribution < -0.4 is 0 Å². The molecule has 0 bridgehead atoms. The van der Waals surface area contributed by atoms with E-state index in [4.69, 9.17) is 0 Å². The van der Waals surface area contributed by atoms with Crippen LogP contribution in [0.3, 0.4) is 0 Å². The average molecular weight is 363 g/mol. The van der Waals surface area contributed by atoms with Crippen LogP contribution in [0, 0.1) is 0 Å². The minimum absolute atomic E-state index is 0.460. The van der Waals surface area contributed by atoms with Crippen molar-refractivity contribution in [3.05, 3.63) is 71.8 Å². The maximum Gasteiger partial charge on any atom is 0.0415 e. The first-order chi connectivity index (χ1) is 13.3. The van der Waals surface area contributed by atoms with Gasteiger partial charge in [-0.25, -0.2) is 0 Å². The Hall–Kier alpha value is -1.64. The summed E-state index contributed by atoms with van der Waals surface area (Å²) in [6, 6.07) is 23.5. The molecule has 0 aromatic heterocycles. The molecular formula is C25H34N2. The van der Waals surface area contributed by atoms with Crippen LogP contribution in [0.2, 0.25) is 0 Å². The predicted octanol–water partition coefficient (Wildman–Crippen LogP) is 5.48. The highest BCUT2D eigenvalue weighted by Gasteiger charge is 2.32. The van der Waals surface area contributed by atoms with E-state index in [1.165, 1.54) is 69.4 Å². The van der Waals surface area contributed by atoms with E-state index >= 15 is 0 Å². The van der Waals surface area contributed by atoms with Crippen molar-refractivity contribution in [1.29, 1.82) is 0 Å². The molecular weight excluding hydrogens is 328 g/mol. The number of benzene rings is 2. The number of rotatable bonds is 5. The lowest BCUT2D eigenvalue weighted by atomic mass is 9.86. The van der Waals surface area contributed by atoms with Crippen molar-refractivity contribution in [1.82, 2.24) is 9.80 Å². The fourth-order valence-electron chi connectivity index (χ4n) is 5.23. The van der Waals surface area contributed by atoms with Crippen molar-refractivity contribution in [3.63, 3.8) is 0 Å². The van der Waals surface area contributed by atoms with Crippen LogP contribution in [0.4, 0.5) is 0 Å². The summed E-state index contributed by atoms with van der Waals surface area (Å²) < 4.78 is 0. The summed E-state index contributed by atoms with van der Waals surface area (Å²) in [6.07, 6.45) is 7.15. The molecule has 0 unspecified atom stereocenters. The number of nitrogens with zero attached hydrogens (tertiary/aromatic N) is 2. The molecule has 2 nitrogen and oxygen atoms in total. The maximum atomic E-state index is 2.78. The molecule has 2 fully saturated rings. The summed E-state index contributed by atoms with van der Waals surface area (Å²) in [4.78, 5) is 5.53. The van der Waals surface area contributed by atoms with Gasteiger partial charge in [-0.1, -0.05) is 86.8 Å². The van der Waals surface area contributed by atoms with E-state index in [1.54, 1.807) is 0 Å². The SMILES string of the molecule is C[C@H](c1ccccc1)[C@@H](c1ccccc1)N1CCN(C2CCCCC2)CC1. The summed E-state index contributed by atoms with van der Waals surface area (Å²) in [6.45, 7) is 7.24. The monoisotopic (exact) mass is 362 g/mol. The van der Waals surface area contributed by atoms with Crippen molar-refractivity contribution in [2.45, 2.75) is 57.0 Å². The molecule has 1 heterocycles. The normalized spacial score (nSPS) is 22.4. The highest BCUT2D eigenvalue weighted by Crippen LogP contribution is 2.36. The molecule has 1 aliphatic carbocycles. The Morgan fingerprint density at radius 3 is 1.85 bits per heavy atom. The fourth-order valence-corrected chi connectivity index (χ4v) is 5.23. The first-order valence-electron chi connectivity index (χ1n) is 10.9. The van der Waals surface area contributed by atoms with Gasteiger partial charge in [0, 0.05) is 44.2 Å². The van der Waals surface area contributed by atoms with E-state index in [-0.39, 0.29) is 0 Å². The fraction of sp³-hybridized carbons (Fsp3) is 0.520. The van der Waals surface area contributed by atoms with E-state index < -0.39 is 0 Å². The Kier molecular flexibility index (Phi) is 6.26. The van der Waals surface area contributed by atoms with Crippen LogP contribution in [-0.4, -0.2) is 42.0 Å². The molecule has 2 heteroatoms. The van der Waals surface area contributed by atoms with E-state index in [0.717, 1.165) is 6.04 Å². The van der Waals surface area contributed by atoms with Crippen molar-refractivity contribution < 1.29 is 0 Å². The molecule has 2 aromatic rings. The second kappa shape index (κ2) is 9.03. The summed E-state index contributed by atoms with van der Waals surface area (Å²) >= 11 is 0. The quantitative estimate of drug-likeness (QED) is 0.695. The first kappa shape index (κ1) is 18.7. The molecule has 144 valence electrons. The van der Waals surface area contributed by atoms with Gasteiger partial charge in [0.15, 0.2) is 0 Å². The van der Waals surface area contributed by atoms with Gasteiger partial charge in [0.1, 0.15) is 0 Å². The molecule has 0 spiro atoms. The Morgan fingerprint density at radius 1 is 0.704 bits per heavy atom. The summed E-state index contributed by atoms with van der Waals surface area (Å²) in [5, 5.41) is 0. The molecule has 4 rings (SSSR count). The minimum Gasteiger partial charge on any atom is -0.298 e. The van der Waals surface area contributed by atoms with Crippen LogP contribution >= 0.6 is 0 Å². The lowest BCUT2D eigenvalue weighted by Gasteiger charge is -2.45. The molecule has 2 aromatic carbocycles. The predicted molar refractivity (Wildman–Crippen MR) is 114 cm³/mol. The molecule has 2 atom stereocenters. The second-order valence-electron chi connectivity index (χ2n) is 8.42. The Labute approximate surface area is 165 Å². The minimum atomic E-state index is 0.460. The number of piperazine rings is 1. The Bertz CT molecular complexity index is 670. The molecule has 0 N–H and O–H groups in total. The summed E-state index contributed by atoms with van der Waals surface area (Å²) in [5.41, 5.74) is 2.90. The summed E-state index contributed by atoms with van der Waals surface area (Å²) in [5.74, 6) is 0.495. The topological polar surface area (TPSA) is 6.48 Å². The second-order valence-corrected chi connectivity index (χ2v) is 8.42. The largest absolute Gasteiger partial charge is 0.298 e. The van der Waals surface area contributed by atoms with E-state index in [9.17, 15) is 0 Å². The van der Waals surface area contributed by atoms with Crippen molar-refractivity contribution in [3.8, 4) is 0 Å². The van der Waals surface area contributed by atoms with Gasteiger partial charge >= 0.3 is 0 Å². The summed E-state index contributed by atoms with van der Waals surface area (Å²) in [7, 11) is 0. The van der Waals surface area contributed by atoms with Gasteiger partial charge in [0.2, 0.25) is 0 Å². The van der Waals surface area contributed by atoms with Gasteiger partial charge < -0.3 is 0 Å². The van der Waals surface area contributed by atoms with Crippen LogP contribution in [0.1, 0.15) is 62.1 Å². The third kappa shape index (κ3) is 4.44. The van der Waals surface area contributed by atoms with Crippen molar-refractivity contribution >= 4 is 0 Å². The first-order valence-corrected chi connectivity index (χ1v) is 10.9. The zero-order valence-electron chi connectivity index (χ0n) is 16.8. The molecule has 2 aliphatic rings. The molecule has 0 amide bonds. The van der Waals surface area contributed by atoms with Crippen LogP contribution in [0.5, 0.6) is 0 Å². The zero-order valence-corrected chi connectivity index (χ0v) is 16.8.